The van der Waals surface area contributed by atoms with Gasteiger partial charge in [0.25, 0.3) is 0 Å². The fraction of sp³-hybridized carbons (Fsp3) is 0.857. The molecule has 12 unspecified atom stereocenters. The van der Waals surface area contributed by atoms with Gasteiger partial charge in [0, 0.05) is 6.42 Å². The van der Waals surface area contributed by atoms with Crippen LogP contribution in [0.15, 0.2) is 24.3 Å². The van der Waals surface area contributed by atoms with Crippen molar-refractivity contribution in [1.29, 1.82) is 0 Å². The van der Waals surface area contributed by atoms with Gasteiger partial charge in [-0.3, -0.25) is 4.79 Å². The summed E-state index contributed by atoms with van der Waals surface area (Å²) >= 11 is 0. The van der Waals surface area contributed by atoms with Gasteiger partial charge in [-0.05, 0) is 38.5 Å². The number of aliphatic hydroxyl groups is 8. The number of nitrogens with one attached hydrogen (secondary N) is 1. The van der Waals surface area contributed by atoms with E-state index in [1.54, 1.807) is 6.08 Å². The topological polar surface area (TPSA) is 228 Å². The van der Waals surface area contributed by atoms with Crippen molar-refractivity contribution in [3.05, 3.63) is 24.3 Å². The van der Waals surface area contributed by atoms with Gasteiger partial charge >= 0.3 is 0 Å². The predicted octanol–water partition coefficient (Wildman–Crippen LogP) is 0.696. The summed E-state index contributed by atoms with van der Waals surface area (Å²) in [5.41, 5.74) is 0. The van der Waals surface area contributed by atoms with Crippen LogP contribution in [0.25, 0.3) is 0 Å². The number of ether oxygens (including phenoxy) is 4. The SMILES string of the molecule is CCC/C=C\CCCCCCCC(=O)NC(COC1OC(CO)C(OC2OC(CO)C(O)C(O)C2O)C(O)C1O)C(O)/C=C/CCCCC. The molecule has 12 atom stereocenters. The Hall–Kier alpha value is -1.53. The van der Waals surface area contributed by atoms with E-state index < -0.39 is 86.8 Å². The number of carbonyl (C=O) groups excluding carboxylic acids is 1. The van der Waals surface area contributed by atoms with Crippen molar-refractivity contribution < 1.29 is 64.6 Å². The zero-order valence-electron chi connectivity index (χ0n) is 29.2. The maximum absolute atomic E-state index is 12.9. The van der Waals surface area contributed by atoms with Crippen molar-refractivity contribution in [1.82, 2.24) is 5.32 Å². The molecule has 2 heterocycles. The van der Waals surface area contributed by atoms with Crippen LogP contribution in [0, 0.1) is 0 Å². The highest BCUT2D eigenvalue weighted by molar-refractivity contribution is 5.76. The summed E-state index contributed by atoms with van der Waals surface area (Å²) in [6.45, 7) is 2.52. The molecule has 286 valence electrons. The van der Waals surface area contributed by atoms with Crippen LogP contribution in [0.3, 0.4) is 0 Å². The Balaban J connectivity index is 1.97. The Morgan fingerprint density at radius 3 is 2.02 bits per heavy atom. The largest absolute Gasteiger partial charge is 0.394 e. The summed E-state index contributed by atoms with van der Waals surface area (Å²) in [7, 11) is 0. The zero-order chi connectivity index (χ0) is 36.2. The lowest BCUT2D eigenvalue weighted by atomic mass is 9.97. The Morgan fingerprint density at radius 1 is 0.714 bits per heavy atom. The van der Waals surface area contributed by atoms with Gasteiger partial charge in [-0.1, -0.05) is 76.7 Å². The molecule has 2 fully saturated rings. The number of hydrogen-bond acceptors (Lipinski definition) is 13. The first-order valence-electron chi connectivity index (χ1n) is 18.1. The van der Waals surface area contributed by atoms with Crippen LogP contribution in [0.1, 0.15) is 97.3 Å². The van der Waals surface area contributed by atoms with Crippen molar-refractivity contribution in [2.75, 3.05) is 19.8 Å². The van der Waals surface area contributed by atoms with Gasteiger partial charge in [0.2, 0.25) is 5.91 Å². The summed E-state index contributed by atoms with van der Waals surface area (Å²) in [5, 5.41) is 85.5. The van der Waals surface area contributed by atoms with Gasteiger partial charge in [-0.15, -0.1) is 0 Å². The number of amides is 1. The lowest BCUT2D eigenvalue weighted by molar-refractivity contribution is -0.359. The van der Waals surface area contributed by atoms with Gasteiger partial charge in [-0.2, -0.15) is 0 Å². The molecule has 0 aromatic rings. The van der Waals surface area contributed by atoms with E-state index in [2.05, 4.69) is 31.3 Å². The molecule has 0 aliphatic carbocycles. The summed E-state index contributed by atoms with van der Waals surface area (Å²) in [6.07, 6.45) is 3.13. The van der Waals surface area contributed by atoms with E-state index in [0.717, 1.165) is 70.6 Å². The van der Waals surface area contributed by atoms with E-state index in [9.17, 15) is 45.6 Å². The molecule has 2 saturated heterocycles. The van der Waals surface area contributed by atoms with Gasteiger partial charge in [0.1, 0.15) is 48.8 Å². The van der Waals surface area contributed by atoms with Crippen LogP contribution in [0.2, 0.25) is 0 Å². The van der Waals surface area contributed by atoms with E-state index in [1.807, 2.05) is 6.08 Å². The number of hydrogen-bond donors (Lipinski definition) is 9. The molecule has 0 radical (unpaired) electrons. The molecule has 49 heavy (non-hydrogen) atoms. The highest BCUT2D eigenvalue weighted by Crippen LogP contribution is 2.29. The van der Waals surface area contributed by atoms with Gasteiger partial charge in [-0.25, -0.2) is 0 Å². The number of carbonyl (C=O) groups is 1. The average Bonchev–Trinajstić information content (AvgIpc) is 3.09. The summed E-state index contributed by atoms with van der Waals surface area (Å²) in [5.74, 6) is -0.263. The van der Waals surface area contributed by atoms with Crippen LogP contribution in [-0.4, -0.2) is 140 Å². The Labute approximate surface area is 290 Å². The zero-order valence-corrected chi connectivity index (χ0v) is 29.2. The lowest BCUT2D eigenvalue weighted by Gasteiger charge is -2.46. The fourth-order valence-electron chi connectivity index (χ4n) is 5.76. The highest BCUT2D eigenvalue weighted by Gasteiger charge is 2.50. The minimum absolute atomic E-state index is 0.263. The quantitative estimate of drug-likeness (QED) is 0.0498. The van der Waals surface area contributed by atoms with E-state index in [1.165, 1.54) is 0 Å². The van der Waals surface area contributed by atoms with Crippen LogP contribution in [-0.2, 0) is 23.7 Å². The van der Waals surface area contributed by atoms with E-state index in [0.29, 0.717) is 6.42 Å². The monoisotopic (exact) mass is 705 g/mol. The standard InChI is InChI=1S/C35H63NO13/c1-3-5-7-9-10-11-12-13-15-17-19-27(40)36-23(24(39)18-16-14-8-6-4-2)22-46-34-32(45)30(43)33(26(21-38)48-34)49-35-31(44)29(42)28(41)25(20-37)47-35/h7,9,16,18,23-26,28-35,37-39,41-45H,3-6,8,10-15,17,19-22H2,1-2H3,(H,36,40)/b9-7-,18-16+. The number of unbranched alkanes of at least 4 members (excludes halogenated alkanes) is 9. The Kier molecular flexibility index (Phi) is 21.9. The lowest BCUT2D eigenvalue weighted by Crippen LogP contribution is -2.65. The Bertz CT molecular complexity index is 935. The van der Waals surface area contributed by atoms with Crippen LogP contribution < -0.4 is 5.32 Å². The summed E-state index contributed by atoms with van der Waals surface area (Å²) in [4.78, 5) is 12.9. The van der Waals surface area contributed by atoms with Crippen LogP contribution in [0.5, 0.6) is 0 Å². The second-order valence-corrected chi connectivity index (χ2v) is 13.0. The normalized spacial score (nSPS) is 32.1. The van der Waals surface area contributed by atoms with E-state index in [4.69, 9.17) is 18.9 Å². The molecule has 0 aromatic carbocycles. The van der Waals surface area contributed by atoms with Crippen molar-refractivity contribution >= 4 is 5.91 Å². The van der Waals surface area contributed by atoms with E-state index in [-0.39, 0.29) is 18.9 Å². The first-order valence-corrected chi connectivity index (χ1v) is 18.1. The van der Waals surface area contributed by atoms with Crippen molar-refractivity contribution in [2.24, 2.45) is 0 Å². The molecule has 0 aromatic heterocycles. The van der Waals surface area contributed by atoms with E-state index >= 15 is 0 Å². The molecule has 14 heteroatoms. The van der Waals surface area contributed by atoms with Gasteiger partial charge < -0.3 is 65.1 Å². The maximum Gasteiger partial charge on any atom is 0.220 e. The molecule has 1 amide bonds. The molecule has 0 spiro atoms. The molecule has 14 nitrogen and oxygen atoms in total. The second kappa shape index (κ2) is 24.6. The van der Waals surface area contributed by atoms with Crippen LogP contribution >= 0.6 is 0 Å². The van der Waals surface area contributed by atoms with Gasteiger partial charge in [0.05, 0.1) is 32.0 Å². The molecule has 2 aliphatic heterocycles. The van der Waals surface area contributed by atoms with Crippen LogP contribution in [0.4, 0.5) is 0 Å². The first kappa shape index (κ1) is 43.6. The Morgan fingerprint density at radius 2 is 1.33 bits per heavy atom. The molecule has 0 bridgehead atoms. The number of aliphatic hydroxyl groups excluding tert-OH is 8. The minimum Gasteiger partial charge on any atom is -0.394 e. The molecule has 9 N–H and O–H groups in total. The molecule has 2 aliphatic rings. The van der Waals surface area contributed by atoms with Crippen molar-refractivity contribution in [2.45, 2.75) is 171 Å². The molecule has 0 saturated carbocycles. The average molecular weight is 706 g/mol. The van der Waals surface area contributed by atoms with Crippen molar-refractivity contribution in [3.8, 4) is 0 Å². The molecule has 2 rings (SSSR count). The highest BCUT2D eigenvalue weighted by atomic mass is 16.7. The smallest absolute Gasteiger partial charge is 0.220 e. The maximum atomic E-state index is 12.9. The number of allylic oxidation sites excluding steroid dienone is 3. The summed E-state index contributed by atoms with van der Waals surface area (Å²) in [6, 6.07) is -0.909. The van der Waals surface area contributed by atoms with Crippen molar-refractivity contribution in [3.63, 3.8) is 0 Å². The third-order valence-electron chi connectivity index (χ3n) is 8.86. The predicted molar refractivity (Wildman–Crippen MR) is 180 cm³/mol. The fourth-order valence-corrected chi connectivity index (χ4v) is 5.76. The molecular weight excluding hydrogens is 642 g/mol. The number of rotatable bonds is 24. The molecular formula is C35H63NO13. The third-order valence-corrected chi connectivity index (χ3v) is 8.86. The summed E-state index contributed by atoms with van der Waals surface area (Å²) < 4.78 is 22.4. The van der Waals surface area contributed by atoms with Gasteiger partial charge in [0.15, 0.2) is 12.6 Å². The second-order valence-electron chi connectivity index (χ2n) is 13.0. The first-order chi connectivity index (χ1) is 23.6. The third kappa shape index (κ3) is 14.9. The minimum atomic E-state index is -1.78.